The van der Waals surface area contributed by atoms with E-state index in [2.05, 4.69) is 26.1 Å². The SMILES string of the molecule is CC(I)(C(=O)OC1OCC2C3CCC(C3)C12)C1N[I-]1. The van der Waals surface area contributed by atoms with Gasteiger partial charge in [-0.2, -0.15) is 0 Å². The maximum absolute atomic E-state index is 12.4. The zero-order valence-corrected chi connectivity index (χ0v) is 15.1. The first-order valence-electron chi connectivity index (χ1n) is 6.97. The number of rotatable bonds is 3. The quantitative estimate of drug-likeness (QED) is 0.133. The van der Waals surface area contributed by atoms with Crippen LogP contribution in [0, 0.1) is 23.7 Å². The van der Waals surface area contributed by atoms with Crippen LogP contribution in [0.5, 0.6) is 0 Å². The molecule has 0 spiro atoms. The molecule has 0 amide bonds. The van der Waals surface area contributed by atoms with E-state index < -0.39 is 3.42 Å². The van der Waals surface area contributed by atoms with Gasteiger partial charge in [-0.05, 0) is 0 Å². The van der Waals surface area contributed by atoms with Crippen LogP contribution in [-0.2, 0) is 14.3 Å². The van der Waals surface area contributed by atoms with Gasteiger partial charge in [-0.15, -0.1) is 0 Å². The third-order valence-electron chi connectivity index (χ3n) is 5.24. The molecule has 4 rings (SSSR count). The Hall–Kier alpha value is 0.850. The summed E-state index contributed by atoms with van der Waals surface area (Å²) < 4.78 is 14.8. The van der Waals surface area contributed by atoms with E-state index in [1.807, 2.05) is 6.92 Å². The van der Waals surface area contributed by atoms with Gasteiger partial charge < -0.3 is 0 Å². The minimum atomic E-state index is -0.413. The van der Waals surface area contributed by atoms with Crippen LogP contribution in [0.2, 0.25) is 0 Å². The topological polar surface area (TPSA) is 57.5 Å². The van der Waals surface area contributed by atoms with Crippen LogP contribution in [0.4, 0.5) is 0 Å². The van der Waals surface area contributed by atoms with E-state index in [0.717, 1.165) is 18.4 Å². The molecular weight excluding hydrogens is 472 g/mol. The molecule has 4 aliphatic rings. The van der Waals surface area contributed by atoms with Gasteiger partial charge in [-0.1, -0.05) is 0 Å². The van der Waals surface area contributed by atoms with Gasteiger partial charge in [-0.25, -0.2) is 0 Å². The molecule has 7 atom stereocenters. The van der Waals surface area contributed by atoms with Crippen molar-refractivity contribution in [2.24, 2.45) is 23.7 Å². The summed E-state index contributed by atoms with van der Waals surface area (Å²) in [4.78, 5) is 12.4. The molecular formula is C13H18I2NO3-. The van der Waals surface area contributed by atoms with E-state index in [1.165, 1.54) is 19.3 Å². The van der Waals surface area contributed by atoms with Gasteiger partial charge in [0.05, 0.1) is 0 Å². The fraction of sp³-hybridized carbons (Fsp3) is 0.923. The molecule has 0 aromatic heterocycles. The number of carbonyl (C=O) groups is 1. The summed E-state index contributed by atoms with van der Waals surface area (Å²) in [6, 6.07) is 0. The fourth-order valence-electron chi connectivity index (χ4n) is 4.12. The van der Waals surface area contributed by atoms with Crippen molar-refractivity contribution >= 4 is 28.6 Å². The van der Waals surface area contributed by atoms with Crippen molar-refractivity contribution in [2.75, 3.05) is 6.61 Å². The molecule has 19 heavy (non-hydrogen) atoms. The Labute approximate surface area is 137 Å². The monoisotopic (exact) mass is 490 g/mol. The number of hydrogen-bond donors (Lipinski definition) is 1. The van der Waals surface area contributed by atoms with Crippen LogP contribution in [0.15, 0.2) is 0 Å². The van der Waals surface area contributed by atoms with Gasteiger partial charge in [0.25, 0.3) is 0 Å². The van der Waals surface area contributed by atoms with Crippen LogP contribution in [0.25, 0.3) is 0 Å². The molecule has 2 saturated carbocycles. The molecule has 2 aliphatic carbocycles. The molecule has 4 fully saturated rings. The summed E-state index contributed by atoms with van der Waals surface area (Å²) in [5.41, 5.74) is 0. The van der Waals surface area contributed by atoms with E-state index in [9.17, 15) is 4.79 Å². The molecule has 108 valence electrons. The van der Waals surface area contributed by atoms with E-state index in [0.29, 0.717) is 15.9 Å². The minimum absolute atomic E-state index is 0.0154. The van der Waals surface area contributed by atoms with Crippen molar-refractivity contribution in [3.05, 3.63) is 0 Å². The molecule has 6 heteroatoms. The summed E-state index contributed by atoms with van der Waals surface area (Å²) >= 11 is 2.25. The second-order valence-corrected chi connectivity index (χ2v) is 11.1. The van der Waals surface area contributed by atoms with Crippen LogP contribution in [-0.4, -0.2) is 26.3 Å². The average Bonchev–Trinajstić information content (AvgIpc) is 2.86. The summed E-state index contributed by atoms with van der Waals surface area (Å²) in [7, 11) is 0. The maximum atomic E-state index is 12.4. The summed E-state index contributed by atoms with van der Waals surface area (Å²) in [6.45, 7) is 2.78. The fourth-order valence-corrected chi connectivity index (χ4v) is 7.43. The first-order valence-corrected chi connectivity index (χ1v) is 10.4. The van der Waals surface area contributed by atoms with E-state index in [4.69, 9.17) is 9.47 Å². The van der Waals surface area contributed by atoms with Crippen molar-refractivity contribution < 1.29 is 35.7 Å². The predicted octanol–water partition coefficient (Wildman–Crippen LogP) is -1.32. The van der Waals surface area contributed by atoms with Crippen LogP contribution in [0.1, 0.15) is 26.2 Å². The number of carbonyl (C=O) groups excluding carboxylic acids is 1. The second kappa shape index (κ2) is 4.67. The third kappa shape index (κ3) is 2.15. The normalized spacial score (nSPS) is 50.2. The Morgan fingerprint density at radius 2 is 2.21 bits per heavy atom. The summed E-state index contributed by atoms with van der Waals surface area (Å²) in [5, 5.41) is 0. The molecule has 0 aromatic rings. The zero-order valence-electron chi connectivity index (χ0n) is 10.8. The molecule has 4 nitrogen and oxygen atoms in total. The Kier molecular flexibility index (Phi) is 3.32. The number of nitrogens with one attached hydrogen (secondary N) is 1. The number of fused-ring (bicyclic) bond motifs is 5. The number of halogens is 2. The van der Waals surface area contributed by atoms with Crippen LogP contribution >= 0.6 is 22.6 Å². The van der Waals surface area contributed by atoms with E-state index in [-0.39, 0.29) is 33.7 Å². The van der Waals surface area contributed by atoms with Crippen molar-refractivity contribution in [3.63, 3.8) is 0 Å². The predicted molar refractivity (Wildman–Crippen MR) is 73.0 cm³/mol. The molecule has 0 aromatic carbocycles. The van der Waals surface area contributed by atoms with Crippen molar-refractivity contribution in [1.82, 2.24) is 3.53 Å². The molecule has 2 heterocycles. The first-order chi connectivity index (χ1) is 9.07. The number of hydrogen-bond acceptors (Lipinski definition) is 4. The second-order valence-electron chi connectivity index (χ2n) is 6.34. The van der Waals surface area contributed by atoms with Gasteiger partial charge in [-0.3, -0.25) is 0 Å². The van der Waals surface area contributed by atoms with Crippen LogP contribution in [0.3, 0.4) is 0 Å². The van der Waals surface area contributed by atoms with Crippen LogP contribution < -0.4 is 25.0 Å². The van der Waals surface area contributed by atoms with Gasteiger partial charge in [0.2, 0.25) is 0 Å². The van der Waals surface area contributed by atoms with Gasteiger partial charge >= 0.3 is 138 Å². The van der Waals surface area contributed by atoms with Gasteiger partial charge in [0, 0.05) is 0 Å². The standard InChI is InChI=1S/C13H18I2NO3/c1-13(14,11-15-16-11)12(17)19-10-9-7-3-2-6(4-7)8(9)5-18-10/h6-11,16H,2-5H2,1H3/q-1. The number of esters is 1. The van der Waals surface area contributed by atoms with Gasteiger partial charge in [0.15, 0.2) is 0 Å². The Balaban J connectivity index is 1.45. The molecule has 1 N–H and O–H groups in total. The molecule has 0 radical (unpaired) electrons. The molecule has 7 unspecified atom stereocenters. The average molecular weight is 490 g/mol. The molecule has 2 bridgehead atoms. The third-order valence-corrected chi connectivity index (χ3v) is 9.99. The number of ether oxygens (including phenoxy) is 2. The van der Waals surface area contributed by atoms with Crippen molar-refractivity contribution in [3.8, 4) is 0 Å². The zero-order chi connectivity index (χ0) is 13.2. The van der Waals surface area contributed by atoms with E-state index >= 15 is 0 Å². The summed E-state index contributed by atoms with van der Waals surface area (Å²) in [6.07, 6.45) is 3.74. The Morgan fingerprint density at radius 1 is 1.47 bits per heavy atom. The molecule has 2 aliphatic heterocycles. The first kappa shape index (κ1) is 13.5. The molecule has 2 saturated heterocycles. The van der Waals surface area contributed by atoms with Crippen molar-refractivity contribution in [1.29, 1.82) is 0 Å². The number of alkyl halides is 2. The van der Waals surface area contributed by atoms with Crippen molar-refractivity contribution in [2.45, 2.75) is 39.9 Å². The Bertz CT molecular complexity index is 413. The van der Waals surface area contributed by atoms with Gasteiger partial charge in [0.1, 0.15) is 0 Å². The Morgan fingerprint density at radius 3 is 2.95 bits per heavy atom. The van der Waals surface area contributed by atoms with E-state index in [1.54, 1.807) is 0 Å². The summed E-state index contributed by atoms with van der Waals surface area (Å²) in [5.74, 6) is 2.62.